The minimum Gasteiger partial charge on any atom is -0.471 e. The van der Waals surface area contributed by atoms with E-state index in [9.17, 15) is 0 Å². The summed E-state index contributed by atoms with van der Waals surface area (Å²) < 4.78 is 12.2. The van der Waals surface area contributed by atoms with Gasteiger partial charge in [-0.2, -0.15) is 0 Å². The number of amidine groups is 1. The summed E-state index contributed by atoms with van der Waals surface area (Å²) in [5.74, 6) is 1.54. The van der Waals surface area contributed by atoms with Crippen molar-refractivity contribution < 1.29 is 9.47 Å². The number of halogens is 1. The first kappa shape index (κ1) is 19.9. The third-order valence-corrected chi connectivity index (χ3v) is 4.00. The molecule has 0 spiro atoms. The van der Waals surface area contributed by atoms with Crippen molar-refractivity contribution in [1.29, 1.82) is 0 Å². The maximum Gasteiger partial charge on any atom is 0.228 e. The Balaban J connectivity index is 2.85. The van der Waals surface area contributed by atoms with Crippen LogP contribution < -0.4 is 4.74 Å². The zero-order chi connectivity index (χ0) is 17.4. The predicted octanol–water partition coefficient (Wildman–Crippen LogP) is 4.35. The van der Waals surface area contributed by atoms with E-state index in [1.807, 2.05) is 33.9 Å². The minimum absolute atomic E-state index is 0.0490. The maximum atomic E-state index is 5.86. The number of hydrogen-bond acceptors (Lipinski definition) is 4. The first-order valence-electron chi connectivity index (χ1n) is 8.06. The molecule has 1 rings (SSSR count). The Kier molecular flexibility index (Phi) is 8.55. The average Bonchev–Trinajstić information content (AvgIpc) is 2.51. The highest BCUT2D eigenvalue weighted by Gasteiger charge is 2.12. The molecule has 0 aliphatic rings. The van der Waals surface area contributed by atoms with Crippen LogP contribution in [0, 0.1) is 6.92 Å². The van der Waals surface area contributed by atoms with Crippen LogP contribution in [0.25, 0.3) is 0 Å². The molecular formula is C17H28BrN3O2. The number of rotatable bonds is 8. The summed E-state index contributed by atoms with van der Waals surface area (Å²) in [6.45, 7) is 12.3. The van der Waals surface area contributed by atoms with Gasteiger partial charge in [-0.1, -0.05) is 6.92 Å². The van der Waals surface area contributed by atoms with Crippen molar-refractivity contribution in [3.63, 3.8) is 0 Å². The van der Waals surface area contributed by atoms with E-state index >= 15 is 0 Å². The van der Waals surface area contributed by atoms with E-state index in [0.717, 1.165) is 41.3 Å². The van der Waals surface area contributed by atoms with Gasteiger partial charge in [-0.3, -0.25) is 0 Å². The molecule has 0 fully saturated rings. The van der Waals surface area contributed by atoms with Gasteiger partial charge in [-0.25, -0.2) is 9.98 Å². The van der Waals surface area contributed by atoms with E-state index in [0.29, 0.717) is 12.5 Å². The Morgan fingerprint density at radius 3 is 2.74 bits per heavy atom. The third-order valence-electron chi connectivity index (χ3n) is 3.43. The van der Waals surface area contributed by atoms with Crippen LogP contribution >= 0.6 is 15.9 Å². The number of ether oxygens (including phenoxy) is 2. The van der Waals surface area contributed by atoms with Crippen LogP contribution in [0.3, 0.4) is 0 Å². The molecule has 1 aromatic rings. The Morgan fingerprint density at radius 1 is 1.43 bits per heavy atom. The second-order valence-electron chi connectivity index (χ2n) is 5.56. The van der Waals surface area contributed by atoms with E-state index in [1.54, 1.807) is 0 Å². The van der Waals surface area contributed by atoms with Gasteiger partial charge in [0.2, 0.25) is 5.88 Å². The Bertz CT molecular complexity index is 535. The molecule has 6 heteroatoms. The molecule has 130 valence electrons. The second-order valence-corrected chi connectivity index (χ2v) is 6.41. The number of nitrogens with zero attached hydrogens (tertiary/aromatic N) is 3. The summed E-state index contributed by atoms with van der Waals surface area (Å²) in [4.78, 5) is 11.3. The third kappa shape index (κ3) is 6.47. The fraction of sp³-hybridized carbons (Fsp3) is 0.647. The van der Waals surface area contributed by atoms with Crippen LogP contribution in [0.2, 0.25) is 0 Å². The molecule has 0 amide bonds. The van der Waals surface area contributed by atoms with Crippen molar-refractivity contribution in [1.82, 2.24) is 9.88 Å². The zero-order valence-electron chi connectivity index (χ0n) is 15.0. The van der Waals surface area contributed by atoms with E-state index in [-0.39, 0.29) is 6.10 Å². The molecule has 0 N–H and O–H groups in total. The molecule has 0 aromatic carbocycles. The molecule has 0 saturated heterocycles. The highest BCUT2D eigenvalue weighted by molar-refractivity contribution is 9.10. The summed E-state index contributed by atoms with van der Waals surface area (Å²) in [5, 5.41) is 0. The smallest absolute Gasteiger partial charge is 0.228 e. The summed E-state index contributed by atoms with van der Waals surface area (Å²) in [6, 6.07) is 1.95. The first-order valence-corrected chi connectivity index (χ1v) is 8.86. The molecule has 1 aromatic heterocycles. The Labute approximate surface area is 148 Å². The highest BCUT2D eigenvalue weighted by Crippen LogP contribution is 2.30. The zero-order valence-corrected chi connectivity index (χ0v) is 16.6. The van der Waals surface area contributed by atoms with Gasteiger partial charge in [0.05, 0.1) is 22.5 Å². The number of hydrogen-bond donors (Lipinski definition) is 0. The van der Waals surface area contributed by atoms with Crippen LogP contribution in [0.1, 0.15) is 39.8 Å². The van der Waals surface area contributed by atoms with Crippen molar-refractivity contribution in [2.24, 2.45) is 4.99 Å². The van der Waals surface area contributed by atoms with Gasteiger partial charge in [0, 0.05) is 20.2 Å². The fourth-order valence-electron chi connectivity index (χ4n) is 1.85. The van der Waals surface area contributed by atoms with Gasteiger partial charge >= 0.3 is 0 Å². The molecule has 0 aliphatic carbocycles. The number of pyridine rings is 1. The van der Waals surface area contributed by atoms with Gasteiger partial charge in [0.1, 0.15) is 11.9 Å². The number of aliphatic imine (C=N–C) groups is 1. The lowest BCUT2D eigenvalue weighted by atomic mass is 10.3. The second kappa shape index (κ2) is 9.88. The molecule has 1 atom stereocenters. The van der Waals surface area contributed by atoms with E-state index in [2.05, 4.69) is 44.7 Å². The monoisotopic (exact) mass is 385 g/mol. The molecular weight excluding hydrogens is 358 g/mol. The fourth-order valence-corrected chi connectivity index (χ4v) is 2.25. The minimum atomic E-state index is -0.0490. The molecule has 0 unspecified atom stereocenters. The summed E-state index contributed by atoms with van der Waals surface area (Å²) in [6.07, 6.45) is 0.957. The lowest BCUT2D eigenvalue weighted by molar-refractivity contribution is 0.0563. The van der Waals surface area contributed by atoms with Gasteiger partial charge < -0.3 is 14.4 Å². The Hall–Kier alpha value is -1.14. The van der Waals surface area contributed by atoms with Crippen molar-refractivity contribution in [3.05, 3.63) is 16.2 Å². The SMILES string of the molecule is CCCOC[C@@H](C)Oc1nc(C)c(N=C(C)N(C)CC)cc1Br. The van der Waals surface area contributed by atoms with Gasteiger partial charge in [-0.05, 0) is 56.1 Å². The standard InChI is InChI=1S/C17H28BrN3O2/c1-7-9-22-11-12(3)23-17-15(18)10-16(13(4)19-17)20-14(5)21(6)8-2/h10,12H,7-9,11H2,1-6H3/t12-/m1/s1. The highest BCUT2D eigenvalue weighted by atomic mass is 79.9. The molecule has 5 nitrogen and oxygen atoms in total. The number of aromatic nitrogens is 1. The van der Waals surface area contributed by atoms with Gasteiger partial charge in [-0.15, -0.1) is 0 Å². The summed E-state index contributed by atoms with van der Waals surface area (Å²) in [5.41, 5.74) is 1.69. The van der Waals surface area contributed by atoms with Crippen molar-refractivity contribution in [2.75, 3.05) is 26.8 Å². The molecule has 0 radical (unpaired) electrons. The normalized spacial score (nSPS) is 13.1. The van der Waals surface area contributed by atoms with Crippen LogP contribution in [0.15, 0.2) is 15.5 Å². The first-order chi connectivity index (χ1) is 10.9. The van der Waals surface area contributed by atoms with Crippen LogP contribution in [-0.4, -0.2) is 48.6 Å². The lowest BCUT2D eigenvalue weighted by Gasteiger charge is -2.18. The maximum absolute atomic E-state index is 5.86. The average molecular weight is 386 g/mol. The lowest BCUT2D eigenvalue weighted by Crippen LogP contribution is -2.23. The van der Waals surface area contributed by atoms with Gasteiger partial charge in [0.15, 0.2) is 0 Å². The molecule has 1 heterocycles. The van der Waals surface area contributed by atoms with Gasteiger partial charge in [0.25, 0.3) is 0 Å². The van der Waals surface area contributed by atoms with Crippen molar-refractivity contribution in [3.8, 4) is 5.88 Å². The largest absolute Gasteiger partial charge is 0.471 e. The topological polar surface area (TPSA) is 47.0 Å². The molecule has 23 heavy (non-hydrogen) atoms. The molecule has 0 saturated carbocycles. The van der Waals surface area contributed by atoms with E-state index in [4.69, 9.17) is 9.47 Å². The van der Waals surface area contributed by atoms with Crippen LogP contribution in [0.5, 0.6) is 5.88 Å². The van der Waals surface area contributed by atoms with Crippen LogP contribution in [-0.2, 0) is 4.74 Å². The van der Waals surface area contributed by atoms with E-state index in [1.165, 1.54) is 0 Å². The molecule has 0 bridgehead atoms. The van der Waals surface area contributed by atoms with Crippen LogP contribution in [0.4, 0.5) is 5.69 Å². The van der Waals surface area contributed by atoms with Crippen molar-refractivity contribution in [2.45, 2.75) is 47.1 Å². The predicted molar refractivity (Wildman–Crippen MR) is 98.9 cm³/mol. The number of aryl methyl sites for hydroxylation is 1. The summed E-state index contributed by atoms with van der Waals surface area (Å²) >= 11 is 3.52. The molecule has 0 aliphatic heterocycles. The summed E-state index contributed by atoms with van der Waals surface area (Å²) in [7, 11) is 2.02. The Morgan fingerprint density at radius 2 is 2.13 bits per heavy atom. The quantitative estimate of drug-likeness (QED) is 0.379. The van der Waals surface area contributed by atoms with Crippen molar-refractivity contribution >= 4 is 27.5 Å². The van der Waals surface area contributed by atoms with E-state index < -0.39 is 0 Å².